The fraction of sp³-hybridized carbons (Fsp3) is 0.455. The number of likely N-dealkylation sites (tertiary alicyclic amines) is 1. The van der Waals surface area contributed by atoms with Gasteiger partial charge in [-0.3, -0.25) is 4.90 Å². The standard InChI is InChI=1S/C22H28F2N2O3/c1-27-18-7-5-6-17(13-18)19(26-10-3-4-11-26)15-25-14-16-8-9-20(29-22(23)24)21(12-16)28-2/h5-9,12-13,19,22,25H,3-4,10-11,14-15H2,1-2H3. The molecular weight excluding hydrogens is 378 g/mol. The van der Waals surface area contributed by atoms with E-state index in [1.165, 1.54) is 31.6 Å². The number of nitrogens with zero attached hydrogens (tertiary/aromatic N) is 1. The smallest absolute Gasteiger partial charge is 0.387 e. The number of methoxy groups -OCH3 is 2. The summed E-state index contributed by atoms with van der Waals surface area (Å²) in [5, 5.41) is 3.50. The predicted molar refractivity (Wildman–Crippen MR) is 108 cm³/mol. The fourth-order valence-corrected chi connectivity index (χ4v) is 3.73. The van der Waals surface area contributed by atoms with Crippen LogP contribution in [0.4, 0.5) is 8.78 Å². The molecule has 0 saturated carbocycles. The maximum absolute atomic E-state index is 12.5. The normalized spacial score (nSPS) is 15.5. The van der Waals surface area contributed by atoms with Crippen molar-refractivity contribution in [2.45, 2.75) is 32.0 Å². The second-order valence-electron chi connectivity index (χ2n) is 7.03. The summed E-state index contributed by atoms with van der Waals surface area (Å²) in [6.45, 7) is 0.648. The van der Waals surface area contributed by atoms with E-state index < -0.39 is 6.61 Å². The second kappa shape index (κ2) is 10.4. The lowest BCUT2D eigenvalue weighted by Gasteiger charge is -2.28. The van der Waals surface area contributed by atoms with Gasteiger partial charge in [0.15, 0.2) is 11.5 Å². The molecule has 0 aromatic heterocycles. The summed E-state index contributed by atoms with van der Waals surface area (Å²) in [6, 6.07) is 13.4. The molecule has 158 valence electrons. The Balaban J connectivity index is 1.66. The Morgan fingerprint density at radius 1 is 1.00 bits per heavy atom. The van der Waals surface area contributed by atoms with Gasteiger partial charge in [0, 0.05) is 19.1 Å². The van der Waals surface area contributed by atoms with Crippen LogP contribution < -0.4 is 19.5 Å². The van der Waals surface area contributed by atoms with Gasteiger partial charge in [0.25, 0.3) is 0 Å². The van der Waals surface area contributed by atoms with Crippen molar-refractivity contribution in [3.8, 4) is 17.2 Å². The number of ether oxygens (including phenoxy) is 3. The number of alkyl halides is 2. The van der Waals surface area contributed by atoms with E-state index in [-0.39, 0.29) is 11.8 Å². The number of halogens is 2. The minimum Gasteiger partial charge on any atom is -0.497 e. The van der Waals surface area contributed by atoms with E-state index in [9.17, 15) is 8.78 Å². The first-order valence-corrected chi connectivity index (χ1v) is 9.81. The number of rotatable bonds is 10. The van der Waals surface area contributed by atoms with E-state index in [2.05, 4.69) is 27.1 Å². The molecule has 0 radical (unpaired) electrons. The Kier molecular flexibility index (Phi) is 7.66. The molecule has 1 aliphatic rings. The molecule has 1 aliphatic heterocycles. The van der Waals surface area contributed by atoms with Crippen LogP contribution in [0.2, 0.25) is 0 Å². The molecule has 1 atom stereocenters. The Hall–Kier alpha value is -2.38. The highest BCUT2D eigenvalue weighted by molar-refractivity contribution is 5.43. The van der Waals surface area contributed by atoms with E-state index >= 15 is 0 Å². The van der Waals surface area contributed by atoms with Gasteiger partial charge in [0.05, 0.1) is 14.2 Å². The summed E-state index contributed by atoms with van der Waals surface area (Å²) in [5.74, 6) is 1.19. The van der Waals surface area contributed by atoms with E-state index in [0.29, 0.717) is 12.3 Å². The molecule has 2 aromatic carbocycles. The minimum absolute atomic E-state index is 0.0394. The van der Waals surface area contributed by atoms with Gasteiger partial charge in [-0.1, -0.05) is 18.2 Å². The van der Waals surface area contributed by atoms with Crippen LogP contribution in [0.25, 0.3) is 0 Å². The third-order valence-corrected chi connectivity index (χ3v) is 5.17. The van der Waals surface area contributed by atoms with E-state index in [0.717, 1.165) is 30.9 Å². The Morgan fingerprint density at radius 2 is 1.79 bits per heavy atom. The van der Waals surface area contributed by atoms with Crippen molar-refractivity contribution in [3.63, 3.8) is 0 Å². The van der Waals surface area contributed by atoms with Gasteiger partial charge in [-0.25, -0.2) is 0 Å². The molecule has 7 heteroatoms. The summed E-state index contributed by atoms with van der Waals surface area (Å²) < 4.78 is 40.0. The predicted octanol–water partition coefficient (Wildman–Crippen LogP) is 4.23. The van der Waals surface area contributed by atoms with E-state index in [1.807, 2.05) is 12.1 Å². The highest BCUT2D eigenvalue weighted by Gasteiger charge is 2.23. The van der Waals surface area contributed by atoms with Crippen LogP contribution >= 0.6 is 0 Å². The molecule has 0 aliphatic carbocycles. The van der Waals surface area contributed by atoms with Crippen molar-refractivity contribution in [2.24, 2.45) is 0 Å². The first kappa shape index (κ1) is 21.3. The molecule has 1 fully saturated rings. The molecule has 5 nitrogen and oxygen atoms in total. The van der Waals surface area contributed by atoms with E-state index in [1.54, 1.807) is 19.2 Å². The van der Waals surface area contributed by atoms with Crippen LogP contribution in [0.15, 0.2) is 42.5 Å². The highest BCUT2D eigenvalue weighted by Crippen LogP contribution is 2.30. The van der Waals surface area contributed by atoms with Crippen LogP contribution in [-0.2, 0) is 6.54 Å². The van der Waals surface area contributed by atoms with Crippen LogP contribution in [0.1, 0.15) is 30.0 Å². The van der Waals surface area contributed by atoms with E-state index in [4.69, 9.17) is 9.47 Å². The second-order valence-corrected chi connectivity index (χ2v) is 7.03. The van der Waals surface area contributed by atoms with Crippen molar-refractivity contribution < 1.29 is 23.0 Å². The van der Waals surface area contributed by atoms with Crippen molar-refractivity contribution in [3.05, 3.63) is 53.6 Å². The summed E-state index contributed by atoms with van der Waals surface area (Å²) in [5.41, 5.74) is 2.16. The third kappa shape index (κ3) is 5.81. The maximum Gasteiger partial charge on any atom is 0.387 e. The average molecular weight is 406 g/mol. The lowest BCUT2D eigenvalue weighted by atomic mass is 10.0. The molecule has 3 rings (SSSR count). The van der Waals surface area contributed by atoms with Crippen molar-refractivity contribution in [2.75, 3.05) is 33.9 Å². The van der Waals surface area contributed by atoms with Gasteiger partial charge in [0.2, 0.25) is 0 Å². The van der Waals surface area contributed by atoms with Gasteiger partial charge >= 0.3 is 6.61 Å². The number of hydrogen-bond acceptors (Lipinski definition) is 5. The zero-order valence-electron chi connectivity index (χ0n) is 16.9. The highest BCUT2D eigenvalue weighted by atomic mass is 19.3. The average Bonchev–Trinajstić information content (AvgIpc) is 3.26. The first-order chi connectivity index (χ1) is 14.1. The maximum atomic E-state index is 12.5. The number of nitrogens with one attached hydrogen (secondary N) is 1. The number of hydrogen-bond donors (Lipinski definition) is 1. The van der Waals surface area contributed by atoms with Crippen LogP contribution in [0.3, 0.4) is 0 Å². The summed E-state index contributed by atoms with van der Waals surface area (Å²) in [7, 11) is 3.12. The van der Waals surface area contributed by atoms with Crippen LogP contribution in [-0.4, -0.2) is 45.4 Å². The molecule has 29 heavy (non-hydrogen) atoms. The van der Waals surface area contributed by atoms with Crippen LogP contribution in [0.5, 0.6) is 17.2 Å². The quantitative estimate of drug-likeness (QED) is 0.640. The first-order valence-electron chi connectivity index (χ1n) is 9.81. The Bertz CT molecular complexity index is 782. The SMILES string of the molecule is COc1cccc(C(CNCc2ccc(OC(F)F)c(OC)c2)N2CCCC2)c1. The summed E-state index contributed by atoms with van der Waals surface area (Å²) in [6.07, 6.45) is 2.42. The monoisotopic (exact) mass is 406 g/mol. The summed E-state index contributed by atoms with van der Waals surface area (Å²) >= 11 is 0. The van der Waals surface area contributed by atoms with Crippen molar-refractivity contribution >= 4 is 0 Å². The molecule has 1 unspecified atom stereocenters. The fourth-order valence-electron chi connectivity index (χ4n) is 3.73. The van der Waals surface area contributed by atoms with Gasteiger partial charge in [-0.2, -0.15) is 8.78 Å². The van der Waals surface area contributed by atoms with Gasteiger partial charge < -0.3 is 19.5 Å². The largest absolute Gasteiger partial charge is 0.497 e. The lowest BCUT2D eigenvalue weighted by Crippen LogP contribution is -2.34. The molecule has 0 amide bonds. The molecule has 1 saturated heterocycles. The lowest BCUT2D eigenvalue weighted by molar-refractivity contribution is -0.0512. The Labute approximate surface area is 170 Å². The number of benzene rings is 2. The molecule has 1 heterocycles. The van der Waals surface area contributed by atoms with Crippen LogP contribution in [0, 0.1) is 0 Å². The van der Waals surface area contributed by atoms with Gasteiger partial charge in [-0.05, 0) is 61.3 Å². The third-order valence-electron chi connectivity index (χ3n) is 5.17. The molecular formula is C22H28F2N2O3. The Morgan fingerprint density at radius 3 is 2.48 bits per heavy atom. The molecule has 0 spiro atoms. The molecule has 0 bridgehead atoms. The van der Waals surface area contributed by atoms with Gasteiger partial charge in [-0.15, -0.1) is 0 Å². The zero-order valence-corrected chi connectivity index (χ0v) is 16.9. The van der Waals surface area contributed by atoms with Crippen molar-refractivity contribution in [1.82, 2.24) is 10.2 Å². The van der Waals surface area contributed by atoms with Crippen molar-refractivity contribution in [1.29, 1.82) is 0 Å². The molecule has 2 aromatic rings. The zero-order chi connectivity index (χ0) is 20.6. The molecule has 1 N–H and O–H groups in total. The minimum atomic E-state index is -2.88. The van der Waals surface area contributed by atoms with Gasteiger partial charge in [0.1, 0.15) is 5.75 Å². The topological polar surface area (TPSA) is 43.0 Å². The summed E-state index contributed by atoms with van der Waals surface area (Å²) in [4.78, 5) is 2.49.